The zero-order chi connectivity index (χ0) is 21.5. The van der Waals surface area contributed by atoms with Crippen molar-refractivity contribution in [1.29, 1.82) is 0 Å². The topological polar surface area (TPSA) is 123 Å². The summed E-state index contributed by atoms with van der Waals surface area (Å²) in [6.45, 7) is 0.322. The Morgan fingerprint density at radius 2 is 1.77 bits per heavy atom. The number of rotatable bonds is 5. The van der Waals surface area contributed by atoms with Crippen LogP contribution in [0.4, 0.5) is 14.6 Å². The number of imidazole rings is 1. The lowest BCUT2D eigenvalue weighted by atomic mass is 10.1. The second-order valence-corrected chi connectivity index (χ2v) is 8.01. The molecular formula is C19H15F2N5O3S. The van der Waals surface area contributed by atoms with E-state index in [0.29, 0.717) is 23.7 Å². The number of sulfonamides is 1. The van der Waals surface area contributed by atoms with Crippen molar-refractivity contribution in [2.75, 3.05) is 5.32 Å². The Kier molecular flexibility index (Phi) is 4.84. The van der Waals surface area contributed by atoms with Crippen molar-refractivity contribution in [1.82, 2.24) is 14.4 Å². The molecule has 2 aromatic carbocycles. The molecular weight excluding hydrogens is 416 g/mol. The summed E-state index contributed by atoms with van der Waals surface area (Å²) in [6, 6.07) is 8.08. The summed E-state index contributed by atoms with van der Waals surface area (Å²) in [5, 5.41) is 17.5. The van der Waals surface area contributed by atoms with E-state index in [1.807, 2.05) is 0 Å². The molecule has 0 saturated carbocycles. The fraction of sp³-hybridized carbons (Fsp3) is 0.0526. The lowest BCUT2D eigenvalue weighted by Crippen LogP contribution is -2.12. The standard InChI is InChI=1S/C19H15F2N5O3S/c20-14-7-12(8-15(21)17(14)27)16-10-25-19-18(23-5-6-26(16)19)24-9-11-1-3-13(4-2-11)30(22,28)29/h1-8,10,27H,9H2,(H,23,24)(H2,22,28,29). The summed E-state index contributed by atoms with van der Waals surface area (Å²) in [7, 11) is -3.76. The largest absolute Gasteiger partial charge is 0.503 e. The first-order chi connectivity index (χ1) is 14.2. The number of primary sulfonamides is 1. The van der Waals surface area contributed by atoms with Crippen LogP contribution < -0.4 is 10.5 Å². The summed E-state index contributed by atoms with van der Waals surface area (Å²) in [4.78, 5) is 8.52. The van der Waals surface area contributed by atoms with Crippen LogP contribution in [-0.4, -0.2) is 27.9 Å². The molecule has 0 aliphatic heterocycles. The Bertz CT molecular complexity index is 1330. The van der Waals surface area contributed by atoms with Crippen molar-refractivity contribution in [3.8, 4) is 17.0 Å². The predicted molar refractivity (Wildman–Crippen MR) is 105 cm³/mol. The highest BCUT2D eigenvalue weighted by atomic mass is 32.2. The highest BCUT2D eigenvalue weighted by Crippen LogP contribution is 2.29. The monoisotopic (exact) mass is 431 g/mol. The van der Waals surface area contributed by atoms with Gasteiger partial charge in [-0.25, -0.2) is 32.3 Å². The van der Waals surface area contributed by atoms with Gasteiger partial charge in [-0.2, -0.15) is 0 Å². The van der Waals surface area contributed by atoms with Crippen LogP contribution >= 0.6 is 0 Å². The fourth-order valence-corrected chi connectivity index (χ4v) is 3.47. The molecule has 2 aromatic heterocycles. The Morgan fingerprint density at radius 3 is 2.40 bits per heavy atom. The number of nitrogens with one attached hydrogen (secondary N) is 1. The third-order valence-electron chi connectivity index (χ3n) is 4.45. The molecule has 4 rings (SSSR count). The lowest BCUT2D eigenvalue weighted by Gasteiger charge is -2.09. The van der Waals surface area contributed by atoms with E-state index in [9.17, 15) is 22.3 Å². The molecule has 0 radical (unpaired) electrons. The summed E-state index contributed by atoms with van der Waals surface area (Å²) in [6.07, 6.45) is 4.53. The SMILES string of the molecule is NS(=O)(=O)c1ccc(CNc2nccn3c(-c4cc(F)c(O)c(F)c4)cnc23)cc1. The molecule has 0 unspecified atom stereocenters. The molecule has 0 amide bonds. The zero-order valence-electron chi connectivity index (χ0n) is 15.3. The van der Waals surface area contributed by atoms with E-state index in [2.05, 4.69) is 15.3 Å². The maximum atomic E-state index is 13.7. The third kappa shape index (κ3) is 3.67. The Labute approximate surface area is 169 Å². The molecule has 4 aromatic rings. The van der Waals surface area contributed by atoms with Gasteiger partial charge < -0.3 is 10.4 Å². The average molecular weight is 431 g/mol. The second-order valence-electron chi connectivity index (χ2n) is 6.44. The van der Waals surface area contributed by atoms with Crippen LogP contribution in [0.1, 0.15) is 5.56 Å². The molecule has 11 heteroatoms. The number of halogens is 2. The van der Waals surface area contributed by atoms with Gasteiger partial charge in [0.2, 0.25) is 10.0 Å². The number of nitrogens with two attached hydrogens (primary N) is 1. The Balaban J connectivity index is 1.62. The summed E-state index contributed by atoms with van der Waals surface area (Å²) in [5.74, 6) is -2.77. The highest BCUT2D eigenvalue weighted by Gasteiger charge is 2.15. The first-order valence-electron chi connectivity index (χ1n) is 8.60. The quantitative estimate of drug-likeness (QED) is 0.447. The van der Waals surface area contributed by atoms with Crippen molar-refractivity contribution in [2.45, 2.75) is 11.4 Å². The van der Waals surface area contributed by atoms with Gasteiger partial charge in [0.1, 0.15) is 0 Å². The molecule has 8 nitrogen and oxygen atoms in total. The van der Waals surface area contributed by atoms with E-state index in [-0.39, 0.29) is 10.5 Å². The van der Waals surface area contributed by atoms with Gasteiger partial charge in [-0.1, -0.05) is 12.1 Å². The maximum Gasteiger partial charge on any atom is 0.238 e. The van der Waals surface area contributed by atoms with Crippen LogP contribution in [0.5, 0.6) is 5.75 Å². The highest BCUT2D eigenvalue weighted by molar-refractivity contribution is 7.89. The molecule has 4 N–H and O–H groups in total. The minimum Gasteiger partial charge on any atom is -0.503 e. The van der Waals surface area contributed by atoms with E-state index >= 15 is 0 Å². The Morgan fingerprint density at radius 1 is 1.10 bits per heavy atom. The number of nitrogens with zero attached hydrogens (tertiary/aromatic N) is 3. The van der Waals surface area contributed by atoms with Crippen molar-refractivity contribution < 1.29 is 22.3 Å². The fourth-order valence-electron chi connectivity index (χ4n) is 2.95. The van der Waals surface area contributed by atoms with Crippen LogP contribution in [0, 0.1) is 11.6 Å². The van der Waals surface area contributed by atoms with E-state index < -0.39 is 27.4 Å². The van der Waals surface area contributed by atoms with E-state index in [1.165, 1.54) is 24.5 Å². The molecule has 154 valence electrons. The lowest BCUT2D eigenvalue weighted by molar-refractivity contribution is 0.396. The minimum absolute atomic E-state index is 0.0118. The Hall–Kier alpha value is -3.57. The number of phenolic OH excluding ortho intramolecular Hbond substituents is 1. The number of benzene rings is 2. The smallest absolute Gasteiger partial charge is 0.238 e. The molecule has 0 spiro atoms. The molecule has 0 saturated heterocycles. The van der Waals surface area contributed by atoms with Gasteiger partial charge in [0.25, 0.3) is 0 Å². The number of hydrogen-bond donors (Lipinski definition) is 3. The molecule has 0 fully saturated rings. The van der Waals surface area contributed by atoms with Crippen molar-refractivity contribution in [3.63, 3.8) is 0 Å². The van der Waals surface area contributed by atoms with Crippen LogP contribution in [0.3, 0.4) is 0 Å². The van der Waals surface area contributed by atoms with Crippen molar-refractivity contribution in [3.05, 3.63) is 72.2 Å². The third-order valence-corrected chi connectivity index (χ3v) is 5.38. The van der Waals surface area contributed by atoms with Gasteiger partial charge in [-0.05, 0) is 29.8 Å². The van der Waals surface area contributed by atoms with E-state index in [0.717, 1.165) is 17.7 Å². The van der Waals surface area contributed by atoms with Crippen molar-refractivity contribution in [2.24, 2.45) is 5.14 Å². The number of aromatic nitrogens is 3. The van der Waals surface area contributed by atoms with Gasteiger partial charge in [-0.3, -0.25) is 4.40 Å². The minimum atomic E-state index is -3.76. The van der Waals surface area contributed by atoms with E-state index in [4.69, 9.17) is 5.14 Å². The second kappa shape index (κ2) is 7.35. The van der Waals surface area contributed by atoms with Gasteiger partial charge >= 0.3 is 0 Å². The van der Waals surface area contributed by atoms with Gasteiger partial charge in [0.05, 0.1) is 16.8 Å². The average Bonchev–Trinajstić information content (AvgIpc) is 3.14. The predicted octanol–water partition coefficient (Wildman–Crippen LogP) is 2.64. The zero-order valence-corrected chi connectivity index (χ0v) is 16.1. The maximum absolute atomic E-state index is 13.7. The normalized spacial score (nSPS) is 11.7. The van der Waals surface area contributed by atoms with Gasteiger partial charge in [-0.15, -0.1) is 0 Å². The number of phenols is 1. The van der Waals surface area contributed by atoms with Crippen LogP contribution in [0.25, 0.3) is 16.9 Å². The molecule has 0 aliphatic carbocycles. The van der Waals surface area contributed by atoms with Crippen LogP contribution in [-0.2, 0) is 16.6 Å². The van der Waals surface area contributed by atoms with Crippen LogP contribution in [0.2, 0.25) is 0 Å². The molecule has 0 bridgehead atoms. The number of anilines is 1. The molecule has 30 heavy (non-hydrogen) atoms. The van der Waals surface area contributed by atoms with E-state index in [1.54, 1.807) is 22.7 Å². The van der Waals surface area contributed by atoms with Gasteiger partial charge in [0.15, 0.2) is 28.8 Å². The van der Waals surface area contributed by atoms with Gasteiger partial charge in [0, 0.05) is 24.5 Å². The molecule has 2 heterocycles. The molecule has 0 atom stereocenters. The number of fused-ring (bicyclic) bond motifs is 1. The first kappa shape index (κ1) is 19.7. The first-order valence-corrected chi connectivity index (χ1v) is 10.1. The number of aromatic hydroxyl groups is 1. The summed E-state index contributed by atoms with van der Waals surface area (Å²) in [5.41, 5.74) is 1.81. The van der Waals surface area contributed by atoms with Crippen molar-refractivity contribution >= 4 is 21.5 Å². The summed E-state index contributed by atoms with van der Waals surface area (Å²) < 4.78 is 51.7. The summed E-state index contributed by atoms with van der Waals surface area (Å²) >= 11 is 0. The number of hydrogen-bond acceptors (Lipinski definition) is 6. The van der Waals surface area contributed by atoms with Crippen LogP contribution in [0.15, 0.2) is 59.9 Å². The molecule has 0 aliphatic rings.